The predicted octanol–water partition coefficient (Wildman–Crippen LogP) is 0.739. The first-order valence-electron chi connectivity index (χ1n) is 14.6. The smallest absolute Gasteiger partial charge is 0.871 e. The van der Waals surface area contributed by atoms with E-state index in [-0.39, 0.29) is 121 Å². The van der Waals surface area contributed by atoms with Crippen LogP contribution in [-0.4, -0.2) is 40.2 Å². The van der Waals surface area contributed by atoms with Gasteiger partial charge in [-0.25, -0.2) is 0 Å². The van der Waals surface area contributed by atoms with Gasteiger partial charge in [0.05, 0.1) is 25.6 Å². The molecule has 0 saturated heterocycles. The van der Waals surface area contributed by atoms with Crippen LogP contribution in [0, 0.1) is 0 Å². The Labute approximate surface area is 347 Å². The average Bonchev–Trinajstić information content (AvgIpc) is 3.10. The van der Waals surface area contributed by atoms with Crippen molar-refractivity contribution in [1.82, 2.24) is 0 Å². The molecule has 6 aromatic carbocycles. The van der Waals surface area contributed by atoms with Crippen molar-refractivity contribution in [1.29, 1.82) is 0 Å². The molecule has 0 aliphatic carbocycles. The Bertz CT molecular complexity index is 2680. The van der Waals surface area contributed by atoms with E-state index in [1.54, 1.807) is 42.5 Å². The fourth-order valence-electron chi connectivity index (χ4n) is 5.39. The van der Waals surface area contributed by atoms with E-state index < -0.39 is 41.5 Å². The topological polar surface area (TPSA) is 249 Å². The molecular weight excluding hydrogens is 749 g/mol. The average molecular weight is 774 g/mol. The van der Waals surface area contributed by atoms with E-state index in [0.29, 0.717) is 11.1 Å². The van der Waals surface area contributed by atoms with Crippen LogP contribution < -0.4 is 84.5 Å². The van der Waals surface area contributed by atoms with E-state index in [4.69, 9.17) is 15.2 Å². The van der Waals surface area contributed by atoms with E-state index in [0.717, 1.165) is 12.1 Å². The number of methoxy groups -OCH3 is 2. The Kier molecular flexibility index (Phi) is 12.9. The van der Waals surface area contributed by atoms with Gasteiger partial charge in [-0.3, -0.25) is 9.11 Å². The number of benzene rings is 6. The fourth-order valence-corrected chi connectivity index (χ4v) is 6.79. The van der Waals surface area contributed by atoms with Crippen LogP contribution in [0.5, 0.6) is 23.0 Å². The van der Waals surface area contributed by atoms with Gasteiger partial charge >= 0.3 is 59.1 Å². The van der Waals surface area contributed by atoms with Crippen molar-refractivity contribution < 1.29 is 105 Å². The first kappa shape index (κ1) is 41.6. The number of nitrogens with two attached hydrogens (primary N) is 1. The normalized spacial score (nSPS) is 11.8. The molecule has 0 aliphatic rings. The number of rotatable bonds is 9. The molecule has 0 aliphatic heterocycles. The van der Waals surface area contributed by atoms with Crippen molar-refractivity contribution in [3.8, 4) is 34.1 Å². The number of nitrogen functional groups attached to an aromatic ring is 1. The second-order valence-corrected chi connectivity index (χ2v) is 13.7. The van der Waals surface area contributed by atoms with Crippen molar-refractivity contribution >= 4 is 70.2 Å². The summed E-state index contributed by atoms with van der Waals surface area (Å²) in [7, 11) is -6.48. The summed E-state index contributed by atoms with van der Waals surface area (Å²) >= 11 is 0. The third-order valence-corrected chi connectivity index (χ3v) is 9.63. The van der Waals surface area contributed by atoms with E-state index in [9.17, 15) is 36.2 Å². The molecule has 19 heteroatoms. The minimum Gasteiger partial charge on any atom is -0.871 e. The van der Waals surface area contributed by atoms with Gasteiger partial charge in [-0.1, -0.05) is 54.0 Å². The summed E-state index contributed by atoms with van der Waals surface area (Å²) in [6, 6.07) is 21.6. The minimum atomic E-state index is -4.68. The van der Waals surface area contributed by atoms with E-state index >= 15 is 0 Å². The van der Waals surface area contributed by atoms with Gasteiger partial charge in [0, 0.05) is 21.8 Å². The fraction of sp³-hybridized carbons (Fsp3) is 0.0588. The number of hydrogen-bond donors (Lipinski definition) is 3. The van der Waals surface area contributed by atoms with Crippen LogP contribution in [0.2, 0.25) is 0 Å². The van der Waals surface area contributed by atoms with Crippen molar-refractivity contribution in [3.63, 3.8) is 0 Å². The zero-order valence-electron chi connectivity index (χ0n) is 28.5. The van der Waals surface area contributed by atoms with Gasteiger partial charge in [-0.05, 0) is 65.0 Å². The minimum absolute atomic E-state index is 0. The molecule has 15 nitrogen and oxygen atoms in total. The number of azo groups is 2. The molecule has 0 unspecified atom stereocenters. The molecular formula is C34H25N5Na2O10S2. The second-order valence-electron chi connectivity index (χ2n) is 10.9. The van der Waals surface area contributed by atoms with Crippen molar-refractivity contribution in [2.45, 2.75) is 9.79 Å². The number of ether oxygens (including phenoxy) is 2. The maximum Gasteiger partial charge on any atom is 1.00 e. The molecule has 53 heavy (non-hydrogen) atoms. The Hall–Kier alpha value is -4.14. The zero-order chi connectivity index (χ0) is 36.7. The molecule has 4 N–H and O–H groups in total. The van der Waals surface area contributed by atoms with E-state index in [1.807, 2.05) is 0 Å². The van der Waals surface area contributed by atoms with Crippen LogP contribution in [0.25, 0.3) is 32.7 Å². The molecule has 0 aromatic heterocycles. The largest absolute Gasteiger partial charge is 1.00 e. The maximum absolute atomic E-state index is 13.2. The van der Waals surface area contributed by atoms with Gasteiger partial charge in [0.1, 0.15) is 32.7 Å². The monoisotopic (exact) mass is 773 g/mol. The number of fused-ring (bicyclic) bond motifs is 2. The Morgan fingerprint density at radius 2 is 1.06 bits per heavy atom. The van der Waals surface area contributed by atoms with Crippen molar-refractivity contribution in [2.24, 2.45) is 20.5 Å². The summed E-state index contributed by atoms with van der Waals surface area (Å²) in [6.45, 7) is 0. The molecule has 0 bridgehead atoms. The molecule has 0 radical (unpaired) electrons. The Morgan fingerprint density at radius 3 is 1.58 bits per heavy atom. The van der Waals surface area contributed by atoms with Crippen molar-refractivity contribution in [3.05, 3.63) is 91.0 Å². The summed E-state index contributed by atoms with van der Waals surface area (Å²) in [6.07, 6.45) is 0. The van der Waals surface area contributed by atoms with Gasteiger partial charge in [0.2, 0.25) is 0 Å². The van der Waals surface area contributed by atoms with Crippen LogP contribution in [0.15, 0.2) is 121 Å². The Balaban J connectivity index is 0.00000314. The molecule has 0 saturated carbocycles. The van der Waals surface area contributed by atoms with E-state index in [1.165, 1.54) is 50.6 Å². The first-order chi connectivity index (χ1) is 24.2. The molecule has 260 valence electrons. The van der Waals surface area contributed by atoms with Crippen LogP contribution in [0.1, 0.15) is 0 Å². The van der Waals surface area contributed by atoms with E-state index in [2.05, 4.69) is 20.5 Å². The molecule has 6 rings (SSSR count). The number of nitrogens with zero attached hydrogens (tertiary/aromatic N) is 4. The number of hydrogen-bond acceptors (Lipinski definition) is 13. The zero-order valence-corrected chi connectivity index (χ0v) is 34.1. The van der Waals surface area contributed by atoms with Gasteiger partial charge in [-0.15, -0.1) is 10.2 Å². The van der Waals surface area contributed by atoms with Gasteiger partial charge in [0.15, 0.2) is 0 Å². The molecule has 0 heterocycles. The Morgan fingerprint density at radius 1 is 0.566 bits per heavy atom. The van der Waals surface area contributed by atoms with Gasteiger partial charge in [-0.2, -0.15) is 27.1 Å². The van der Waals surface area contributed by atoms with Crippen molar-refractivity contribution in [2.75, 3.05) is 20.0 Å². The standard InChI is InChI=1S/C34H27N5O10S2.2Na/c1-48-28-15-18(7-11-24(28)36-38-26-13-9-22-30(50(42,43)44)14-10-23(35)32(22)34(26)41)19-8-12-25(29(16-19)49-2)37-39-27-17-31(51(45,46)47)20-5-3-4-6-21(20)33(27)40;;/h3-17,40-41H,35H2,1-2H3,(H,42,43,44)(H,45,46,47);;/q;2*+1/p-2. The quantitative estimate of drug-likeness (QED) is 0.0800. The molecule has 0 fully saturated rings. The third kappa shape index (κ3) is 8.49. The number of anilines is 1. The molecule has 0 amide bonds. The molecule has 0 spiro atoms. The van der Waals surface area contributed by atoms with Crippen LogP contribution in [0.3, 0.4) is 0 Å². The summed E-state index contributed by atoms with van der Waals surface area (Å²) in [4.78, 5) is -0.941. The van der Waals surface area contributed by atoms with Gasteiger partial charge < -0.3 is 25.4 Å². The summed E-state index contributed by atoms with van der Waals surface area (Å²) < 4.78 is 78.0. The van der Waals surface area contributed by atoms with Crippen LogP contribution >= 0.6 is 0 Å². The molecule has 6 aromatic rings. The van der Waals surface area contributed by atoms with Crippen LogP contribution in [0.4, 0.5) is 28.4 Å². The summed E-state index contributed by atoms with van der Waals surface area (Å²) in [5.74, 6) is -0.721. The second kappa shape index (κ2) is 16.5. The summed E-state index contributed by atoms with van der Waals surface area (Å²) in [5.41, 5.74) is 7.29. The maximum atomic E-state index is 13.2. The third-order valence-electron chi connectivity index (χ3n) is 7.82. The van der Waals surface area contributed by atoms with Crippen LogP contribution in [-0.2, 0) is 20.2 Å². The summed E-state index contributed by atoms with van der Waals surface area (Å²) in [5, 5.41) is 42.4. The predicted molar refractivity (Wildman–Crippen MR) is 184 cm³/mol. The van der Waals surface area contributed by atoms with Gasteiger partial charge in [0.25, 0.3) is 20.2 Å². The molecule has 0 atom stereocenters. The SMILES string of the molecule is COc1cc(-c2ccc(N=Nc3ccc4c(S(=O)(=O)O)ccc(N)c4c3[O-])c(OC)c2)ccc1N=Nc1cc(S(=O)(=O)O)c2ccccc2c1[O-].[Na+].[Na+]. The first-order valence-corrected chi connectivity index (χ1v) is 17.5.